The molecule has 0 aliphatic rings. The molecule has 3 N–H and O–H groups in total. The van der Waals surface area contributed by atoms with Crippen LogP contribution in [0.3, 0.4) is 0 Å². The highest BCUT2D eigenvalue weighted by atomic mass is 16.5. The van der Waals surface area contributed by atoms with E-state index in [1.807, 2.05) is 32.9 Å². The van der Waals surface area contributed by atoms with Crippen LogP contribution in [0.5, 0.6) is 5.75 Å². The molecule has 32 heavy (non-hydrogen) atoms. The predicted octanol–water partition coefficient (Wildman–Crippen LogP) is 3.29. The smallest absolute Gasteiger partial charge is 0.272 e. The fourth-order valence-electron chi connectivity index (χ4n) is 3.46. The molecule has 0 aliphatic heterocycles. The summed E-state index contributed by atoms with van der Waals surface area (Å²) in [6.45, 7) is 7.25. The van der Waals surface area contributed by atoms with Crippen LogP contribution in [0, 0.1) is 0 Å². The van der Waals surface area contributed by atoms with Crippen LogP contribution in [0.25, 0.3) is 11.0 Å². The lowest BCUT2D eigenvalue weighted by molar-refractivity contribution is 0.0907. The van der Waals surface area contributed by atoms with Crippen molar-refractivity contribution in [1.29, 1.82) is 0 Å². The van der Waals surface area contributed by atoms with Gasteiger partial charge in [-0.25, -0.2) is 4.98 Å². The SMILES string of the molecule is CCc1nc2c(cc1NC(=O)c1ccccc1)c(OC(C)C)c(C(=O)NC(C)CO)n2C. The standard InChI is InChI=1S/C24H30N4O4/c1-6-18-19(27-23(30)16-10-8-7-9-11-16)12-17-21(32-14(2)3)20(28(5)22(17)26-18)24(31)25-15(4)13-29/h7-12,14-15,29H,6,13H2,1-5H3,(H,25,31)(H,27,30). The van der Waals surface area contributed by atoms with Crippen molar-refractivity contribution in [3.63, 3.8) is 0 Å². The van der Waals surface area contributed by atoms with E-state index in [0.29, 0.717) is 45.8 Å². The van der Waals surface area contributed by atoms with Crippen LogP contribution >= 0.6 is 0 Å². The number of amides is 2. The summed E-state index contributed by atoms with van der Waals surface area (Å²) in [4.78, 5) is 30.5. The number of ether oxygens (including phenoxy) is 1. The van der Waals surface area contributed by atoms with Gasteiger partial charge in [-0.05, 0) is 45.4 Å². The third kappa shape index (κ3) is 4.75. The van der Waals surface area contributed by atoms with Crippen molar-refractivity contribution in [3.8, 4) is 5.75 Å². The van der Waals surface area contributed by atoms with E-state index in [1.165, 1.54) is 0 Å². The molecule has 1 aromatic carbocycles. The normalized spacial score (nSPS) is 12.1. The second-order valence-electron chi connectivity index (χ2n) is 7.99. The van der Waals surface area contributed by atoms with E-state index in [0.717, 1.165) is 0 Å². The third-order valence-corrected chi connectivity index (χ3v) is 5.03. The Balaban J connectivity index is 2.13. The minimum Gasteiger partial charge on any atom is -0.488 e. The zero-order valence-electron chi connectivity index (χ0n) is 19.1. The van der Waals surface area contributed by atoms with Crippen LogP contribution in [0.1, 0.15) is 54.2 Å². The van der Waals surface area contributed by atoms with Gasteiger partial charge in [0.15, 0.2) is 11.4 Å². The van der Waals surface area contributed by atoms with E-state index in [4.69, 9.17) is 9.72 Å². The number of anilines is 1. The summed E-state index contributed by atoms with van der Waals surface area (Å²) in [5.41, 5.74) is 2.71. The molecule has 0 spiro atoms. The Morgan fingerprint density at radius 3 is 2.44 bits per heavy atom. The van der Waals surface area contributed by atoms with Gasteiger partial charge in [0.05, 0.1) is 29.5 Å². The predicted molar refractivity (Wildman–Crippen MR) is 124 cm³/mol. The minimum atomic E-state index is -0.410. The molecule has 2 aromatic heterocycles. The maximum atomic E-state index is 13.0. The van der Waals surface area contributed by atoms with Crippen molar-refractivity contribution in [3.05, 3.63) is 53.3 Å². The summed E-state index contributed by atoms with van der Waals surface area (Å²) in [6, 6.07) is 10.4. The van der Waals surface area contributed by atoms with Crippen LogP contribution in [0.2, 0.25) is 0 Å². The number of carbonyl (C=O) groups is 2. The number of rotatable bonds is 8. The number of nitrogens with one attached hydrogen (secondary N) is 2. The number of aliphatic hydroxyl groups is 1. The molecule has 3 aromatic rings. The van der Waals surface area contributed by atoms with E-state index < -0.39 is 6.04 Å². The van der Waals surface area contributed by atoms with Gasteiger partial charge in [-0.15, -0.1) is 0 Å². The summed E-state index contributed by atoms with van der Waals surface area (Å²) >= 11 is 0. The molecule has 1 atom stereocenters. The number of aromatic nitrogens is 2. The van der Waals surface area contributed by atoms with Crippen LogP contribution in [-0.2, 0) is 13.5 Å². The van der Waals surface area contributed by atoms with E-state index >= 15 is 0 Å². The molecular formula is C24H30N4O4. The first-order valence-electron chi connectivity index (χ1n) is 10.7. The van der Waals surface area contributed by atoms with Crippen molar-refractivity contribution in [2.24, 2.45) is 7.05 Å². The van der Waals surface area contributed by atoms with Gasteiger partial charge < -0.3 is 25.0 Å². The first-order chi connectivity index (χ1) is 15.3. The number of aliphatic hydroxyl groups excluding tert-OH is 1. The number of hydrogen-bond donors (Lipinski definition) is 3. The quantitative estimate of drug-likeness (QED) is 0.501. The Morgan fingerprint density at radius 2 is 1.84 bits per heavy atom. The first-order valence-corrected chi connectivity index (χ1v) is 10.7. The lowest BCUT2D eigenvalue weighted by Crippen LogP contribution is -2.36. The van der Waals surface area contributed by atoms with Crippen molar-refractivity contribution >= 4 is 28.5 Å². The Morgan fingerprint density at radius 1 is 1.16 bits per heavy atom. The summed E-state index contributed by atoms with van der Waals surface area (Å²) in [6.07, 6.45) is 0.408. The third-order valence-electron chi connectivity index (χ3n) is 5.03. The molecule has 0 radical (unpaired) electrons. The lowest BCUT2D eigenvalue weighted by Gasteiger charge is -2.15. The molecule has 1 unspecified atom stereocenters. The average Bonchev–Trinajstić information content (AvgIpc) is 3.03. The minimum absolute atomic E-state index is 0.177. The van der Waals surface area contributed by atoms with E-state index in [2.05, 4.69) is 10.6 Å². The summed E-state index contributed by atoms with van der Waals surface area (Å²) in [5, 5.41) is 15.7. The first kappa shape index (κ1) is 23.3. The molecular weight excluding hydrogens is 408 g/mol. The summed E-state index contributed by atoms with van der Waals surface area (Å²) in [7, 11) is 1.75. The van der Waals surface area contributed by atoms with Crippen molar-refractivity contribution in [2.45, 2.75) is 46.3 Å². The molecule has 8 heteroatoms. The number of nitrogens with zero attached hydrogens (tertiary/aromatic N) is 2. The molecule has 0 aliphatic carbocycles. The molecule has 0 saturated carbocycles. The van der Waals surface area contributed by atoms with Crippen LogP contribution in [0.4, 0.5) is 5.69 Å². The van der Waals surface area contributed by atoms with Crippen LogP contribution in [0.15, 0.2) is 36.4 Å². The van der Waals surface area contributed by atoms with E-state index in [9.17, 15) is 14.7 Å². The highest BCUT2D eigenvalue weighted by molar-refractivity contribution is 6.07. The molecule has 0 saturated heterocycles. The van der Waals surface area contributed by atoms with Gasteiger partial charge in [0.25, 0.3) is 11.8 Å². The number of carbonyl (C=O) groups excluding carboxylic acids is 2. The number of fused-ring (bicyclic) bond motifs is 1. The summed E-state index contributed by atoms with van der Waals surface area (Å²) < 4.78 is 7.73. The second kappa shape index (κ2) is 9.82. The van der Waals surface area contributed by atoms with Crippen molar-refractivity contribution in [2.75, 3.05) is 11.9 Å². The van der Waals surface area contributed by atoms with Crippen LogP contribution in [-0.4, -0.2) is 45.2 Å². The molecule has 2 amide bonds. The fraction of sp³-hybridized carbons (Fsp3) is 0.375. The highest BCUT2D eigenvalue weighted by Crippen LogP contribution is 2.35. The zero-order chi connectivity index (χ0) is 23.4. The lowest BCUT2D eigenvalue weighted by atomic mass is 10.1. The second-order valence-corrected chi connectivity index (χ2v) is 7.99. The van der Waals surface area contributed by atoms with Crippen molar-refractivity contribution < 1.29 is 19.4 Å². The van der Waals surface area contributed by atoms with Gasteiger partial charge in [0.1, 0.15) is 5.65 Å². The fourth-order valence-corrected chi connectivity index (χ4v) is 3.46. The topological polar surface area (TPSA) is 105 Å². The maximum Gasteiger partial charge on any atom is 0.272 e. The number of hydrogen-bond acceptors (Lipinski definition) is 5. The van der Waals surface area contributed by atoms with Gasteiger partial charge in [0.2, 0.25) is 0 Å². The van der Waals surface area contributed by atoms with Gasteiger partial charge in [0, 0.05) is 18.7 Å². The zero-order valence-corrected chi connectivity index (χ0v) is 19.1. The Bertz CT molecular complexity index is 1120. The largest absolute Gasteiger partial charge is 0.488 e. The van der Waals surface area contributed by atoms with Crippen molar-refractivity contribution in [1.82, 2.24) is 14.9 Å². The molecule has 170 valence electrons. The molecule has 3 rings (SSSR count). The number of benzene rings is 1. The monoisotopic (exact) mass is 438 g/mol. The van der Waals surface area contributed by atoms with Gasteiger partial charge in [-0.1, -0.05) is 25.1 Å². The highest BCUT2D eigenvalue weighted by Gasteiger charge is 2.26. The Kier molecular flexibility index (Phi) is 7.15. The van der Waals surface area contributed by atoms with Gasteiger partial charge >= 0.3 is 0 Å². The number of aryl methyl sites for hydroxylation is 2. The van der Waals surface area contributed by atoms with Crippen LogP contribution < -0.4 is 15.4 Å². The van der Waals surface area contributed by atoms with Gasteiger partial charge in [-0.2, -0.15) is 0 Å². The maximum absolute atomic E-state index is 13.0. The number of pyridine rings is 1. The van der Waals surface area contributed by atoms with E-state index in [1.54, 1.807) is 42.8 Å². The molecule has 0 fully saturated rings. The molecule has 8 nitrogen and oxygen atoms in total. The summed E-state index contributed by atoms with van der Waals surface area (Å²) in [5.74, 6) is -0.209. The van der Waals surface area contributed by atoms with Gasteiger partial charge in [-0.3, -0.25) is 9.59 Å². The van der Waals surface area contributed by atoms with E-state index in [-0.39, 0.29) is 24.5 Å². The average molecular weight is 439 g/mol. The molecule has 2 heterocycles. The molecule has 0 bridgehead atoms. The Hall–Kier alpha value is -3.39. The Labute approximate surface area is 187 Å².